The first-order chi connectivity index (χ1) is 15.0. The third-order valence-electron chi connectivity index (χ3n) is 6.11. The number of carbonyl (C=O) groups is 1. The zero-order valence-electron chi connectivity index (χ0n) is 17.8. The summed E-state index contributed by atoms with van der Waals surface area (Å²) in [6.07, 6.45) is 7.49. The molecule has 1 saturated heterocycles. The number of allylic oxidation sites excluding steroid dienone is 1. The van der Waals surface area contributed by atoms with E-state index in [1.165, 1.54) is 27.8 Å². The minimum atomic E-state index is -3.76. The van der Waals surface area contributed by atoms with E-state index in [1.54, 1.807) is 0 Å². The van der Waals surface area contributed by atoms with E-state index < -0.39 is 15.9 Å². The van der Waals surface area contributed by atoms with Gasteiger partial charge in [0, 0.05) is 25.0 Å². The molecule has 3 aliphatic rings. The van der Waals surface area contributed by atoms with Gasteiger partial charge in [0.25, 0.3) is 0 Å². The normalized spacial score (nSPS) is 20.5. The summed E-state index contributed by atoms with van der Waals surface area (Å²) in [4.78, 5) is 12.7. The number of carbonyl (C=O) groups excluding carboxylic acids is 1. The van der Waals surface area contributed by atoms with Crippen LogP contribution < -0.4 is 20.7 Å². The molecule has 1 aliphatic heterocycles. The van der Waals surface area contributed by atoms with Gasteiger partial charge in [0.2, 0.25) is 5.88 Å². The van der Waals surface area contributed by atoms with Gasteiger partial charge in [0.15, 0.2) is 9.92 Å². The fraction of sp³-hybridized carbons (Fsp3) is 0.524. The molecule has 31 heavy (non-hydrogen) atoms. The molecule has 1 unspecified atom stereocenters. The Labute approximate surface area is 183 Å². The Morgan fingerprint density at radius 1 is 1.13 bits per heavy atom. The minimum Gasteiger partial charge on any atom is -0.478 e. The number of nitrogens with one attached hydrogen (secondary N) is 6. The molecule has 1 heterocycles. The molecule has 2 amide bonds. The van der Waals surface area contributed by atoms with Gasteiger partial charge in [-0.2, -0.15) is 0 Å². The molecule has 10 heteroatoms. The first-order valence-corrected chi connectivity index (χ1v) is 12.3. The first-order valence-electron chi connectivity index (χ1n) is 10.8. The van der Waals surface area contributed by atoms with Crippen LogP contribution in [0, 0.1) is 10.2 Å². The molecular weight excluding hydrogens is 416 g/mol. The largest absolute Gasteiger partial charge is 0.478 e. The van der Waals surface area contributed by atoms with Crippen molar-refractivity contribution in [2.24, 2.45) is 0 Å². The Kier molecular flexibility index (Phi) is 6.19. The lowest BCUT2D eigenvalue weighted by Gasteiger charge is -2.22. The van der Waals surface area contributed by atoms with Crippen LogP contribution >= 0.6 is 0 Å². The van der Waals surface area contributed by atoms with Crippen LogP contribution in [0.5, 0.6) is 0 Å². The maximum Gasteiger partial charge on any atom is 0.331 e. The summed E-state index contributed by atoms with van der Waals surface area (Å²) in [6.45, 7) is 1.84. The molecule has 2 aliphatic carbocycles. The maximum absolute atomic E-state index is 13.0. The van der Waals surface area contributed by atoms with Gasteiger partial charge in [-0.25, -0.2) is 18.5 Å². The van der Waals surface area contributed by atoms with Crippen molar-refractivity contribution in [2.75, 3.05) is 25.5 Å². The van der Waals surface area contributed by atoms with Crippen molar-refractivity contribution in [3.8, 4) is 0 Å². The number of rotatable bonds is 6. The second-order valence-electron chi connectivity index (χ2n) is 8.08. The minimum absolute atomic E-state index is 0.125. The molecule has 0 radical (unpaired) electrons. The van der Waals surface area contributed by atoms with Gasteiger partial charge < -0.3 is 26.1 Å². The van der Waals surface area contributed by atoms with Crippen molar-refractivity contribution in [3.63, 3.8) is 0 Å². The lowest BCUT2D eigenvalue weighted by Crippen LogP contribution is -2.37. The van der Waals surface area contributed by atoms with Crippen molar-refractivity contribution < 1.29 is 13.7 Å². The Morgan fingerprint density at radius 2 is 1.77 bits per heavy atom. The summed E-state index contributed by atoms with van der Waals surface area (Å²) in [5.74, 6) is 0.125. The second kappa shape index (κ2) is 8.88. The highest BCUT2D eigenvalue weighted by atomic mass is 32.2. The Balaban J connectivity index is 1.62. The van der Waals surface area contributed by atoms with Gasteiger partial charge in [-0.1, -0.05) is 0 Å². The number of urea groups is 1. The van der Waals surface area contributed by atoms with Crippen LogP contribution in [0.2, 0.25) is 0 Å². The van der Waals surface area contributed by atoms with Crippen molar-refractivity contribution in [2.45, 2.75) is 51.5 Å². The second-order valence-corrected chi connectivity index (χ2v) is 9.84. The summed E-state index contributed by atoms with van der Waals surface area (Å²) in [5, 5.41) is 16.7. The van der Waals surface area contributed by atoms with Crippen LogP contribution in [-0.4, -0.2) is 36.7 Å². The van der Waals surface area contributed by atoms with Gasteiger partial charge in [-0.15, -0.1) is 0 Å². The summed E-state index contributed by atoms with van der Waals surface area (Å²) in [7, 11) is -1.81. The topological polar surface area (TPSA) is 139 Å². The third kappa shape index (κ3) is 4.14. The standard InChI is InChI=1S/C21H30N6O3S/c1-24-12-17-13-5-2-7-15(13)19(16-8-3-6-14(16)17)26-21(28)27-31(23,29)18(11-22)20-25-9-4-10-30-20/h11,22,24-25H,2-10,12H2,1H3,(H3,23,26,27,28,29)/b20-18-,22-11?. The van der Waals surface area contributed by atoms with Crippen LogP contribution in [0.25, 0.3) is 0 Å². The Morgan fingerprint density at radius 3 is 2.32 bits per heavy atom. The highest BCUT2D eigenvalue weighted by Gasteiger charge is 2.30. The van der Waals surface area contributed by atoms with Crippen molar-refractivity contribution >= 4 is 27.8 Å². The first kappa shape index (κ1) is 21.6. The quantitative estimate of drug-likeness (QED) is 0.372. The molecular formula is C21H30N6O3S. The summed E-state index contributed by atoms with van der Waals surface area (Å²) in [6, 6.07) is -0.694. The van der Waals surface area contributed by atoms with E-state index in [-0.39, 0.29) is 10.8 Å². The lowest BCUT2D eigenvalue weighted by atomic mass is 9.92. The molecule has 0 spiro atoms. The van der Waals surface area contributed by atoms with E-state index in [1.807, 2.05) is 7.05 Å². The van der Waals surface area contributed by atoms with Gasteiger partial charge in [-0.3, -0.25) is 0 Å². The number of anilines is 1. The SMILES string of the molecule is CNCc1c2c(c(NC(=O)NS(=N)(=O)/C(C=N)=C3/NCCCO3)c3c1CCC3)CCC2. The molecule has 4 rings (SSSR count). The molecule has 168 valence electrons. The molecule has 1 atom stereocenters. The van der Waals surface area contributed by atoms with E-state index in [0.717, 1.165) is 63.4 Å². The van der Waals surface area contributed by atoms with Gasteiger partial charge in [-0.05, 0) is 79.8 Å². The zero-order chi connectivity index (χ0) is 22.0. The van der Waals surface area contributed by atoms with E-state index in [9.17, 15) is 9.00 Å². The average Bonchev–Trinajstić information content (AvgIpc) is 3.41. The highest BCUT2D eigenvalue weighted by Crippen LogP contribution is 2.41. The summed E-state index contributed by atoms with van der Waals surface area (Å²) < 4.78 is 28.9. The molecule has 0 saturated carbocycles. The van der Waals surface area contributed by atoms with E-state index in [4.69, 9.17) is 14.9 Å². The molecule has 6 N–H and O–H groups in total. The van der Waals surface area contributed by atoms with Gasteiger partial charge in [0.05, 0.1) is 6.61 Å². The van der Waals surface area contributed by atoms with Crippen LogP contribution in [0.15, 0.2) is 10.8 Å². The van der Waals surface area contributed by atoms with E-state index in [0.29, 0.717) is 13.2 Å². The fourth-order valence-electron chi connectivity index (χ4n) is 4.87. The third-order valence-corrected chi connectivity index (χ3v) is 7.51. The molecule has 1 aromatic carbocycles. The van der Waals surface area contributed by atoms with Crippen molar-refractivity contribution in [1.29, 1.82) is 10.2 Å². The molecule has 1 aromatic rings. The lowest BCUT2D eigenvalue weighted by molar-refractivity contribution is 0.157. The van der Waals surface area contributed by atoms with Gasteiger partial charge >= 0.3 is 6.03 Å². The molecule has 0 aromatic heterocycles. The summed E-state index contributed by atoms with van der Waals surface area (Å²) in [5.41, 5.74) is 7.16. The monoisotopic (exact) mass is 446 g/mol. The highest BCUT2D eigenvalue weighted by molar-refractivity contribution is 7.95. The predicted octanol–water partition coefficient (Wildman–Crippen LogP) is 2.30. The number of benzene rings is 1. The molecule has 1 fully saturated rings. The van der Waals surface area contributed by atoms with E-state index in [2.05, 4.69) is 20.7 Å². The Hall–Kier alpha value is -2.59. The predicted molar refractivity (Wildman–Crippen MR) is 121 cm³/mol. The van der Waals surface area contributed by atoms with Gasteiger partial charge in [0.1, 0.15) is 4.91 Å². The van der Waals surface area contributed by atoms with Crippen LogP contribution in [0.1, 0.15) is 47.1 Å². The molecule has 0 bridgehead atoms. The summed E-state index contributed by atoms with van der Waals surface area (Å²) >= 11 is 0. The number of fused-ring (bicyclic) bond motifs is 2. The fourth-order valence-corrected chi connectivity index (χ4v) is 5.85. The smallest absolute Gasteiger partial charge is 0.331 e. The van der Waals surface area contributed by atoms with Crippen molar-refractivity contribution in [3.05, 3.63) is 38.6 Å². The van der Waals surface area contributed by atoms with Crippen molar-refractivity contribution in [1.82, 2.24) is 15.4 Å². The van der Waals surface area contributed by atoms with E-state index >= 15 is 0 Å². The number of amides is 2. The Bertz CT molecular complexity index is 1000. The van der Waals surface area contributed by atoms with Crippen LogP contribution in [0.3, 0.4) is 0 Å². The van der Waals surface area contributed by atoms with Crippen LogP contribution in [-0.2, 0) is 46.9 Å². The number of ether oxygens (including phenoxy) is 1. The molecule has 9 nitrogen and oxygen atoms in total. The number of hydrogen-bond donors (Lipinski definition) is 6. The number of hydrogen-bond acceptors (Lipinski definition) is 7. The maximum atomic E-state index is 13.0. The van der Waals surface area contributed by atoms with Crippen LogP contribution in [0.4, 0.5) is 10.5 Å². The average molecular weight is 447 g/mol. The zero-order valence-corrected chi connectivity index (χ0v) is 18.6.